The molecule has 15 heavy (non-hydrogen) atoms. The van der Waals surface area contributed by atoms with Gasteiger partial charge >= 0.3 is 0 Å². The Bertz CT molecular complexity index is 569. The fraction of sp³-hybridized carbons (Fsp3) is 0.100. The van der Waals surface area contributed by atoms with Crippen LogP contribution < -0.4 is 5.73 Å². The van der Waals surface area contributed by atoms with Crippen LogP contribution in [-0.4, -0.2) is 6.26 Å². The average molecular weight is 238 g/mol. The van der Waals surface area contributed by atoms with Crippen LogP contribution in [0.1, 0.15) is 5.56 Å². The molecule has 1 aromatic heterocycles. The van der Waals surface area contributed by atoms with Crippen LogP contribution in [0.25, 0.3) is 10.1 Å². The van der Waals surface area contributed by atoms with Crippen LogP contribution >= 0.6 is 23.1 Å². The van der Waals surface area contributed by atoms with E-state index in [0.717, 1.165) is 16.2 Å². The van der Waals surface area contributed by atoms with Crippen LogP contribution in [0.5, 0.6) is 0 Å². The van der Waals surface area contributed by atoms with Gasteiger partial charge in [0.25, 0.3) is 0 Å². The Morgan fingerprint density at radius 3 is 2.87 bits per heavy atom. The normalized spacial score (nSPS) is 10.5. The van der Waals surface area contributed by atoms with Crippen molar-refractivity contribution in [2.75, 3.05) is 12.0 Å². The molecule has 0 aliphatic rings. The molecular formula is C10H7FN2S2. The number of nitrogens with two attached hydrogens (primary N) is 1. The van der Waals surface area contributed by atoms with Crippen molar-refractivity contribution < 1.29 is 4.39 Å². The number of hydrogen-bond donors (Lipinski definition) is 1. The molecule has 0 radical (unpaired) electrons. The van der Waals surface area contributed by atoms with Gasteiger partial charge in [-0.05, 0) is 18.4 Å². The number of anilines is 1. The summed E-state index contributed by atoms with van der Waals surface area (Å²) >= 11 is 2.61. The van der Waals surface area contributed by atoms with Gasteiger partial charge in [-0.25, -0.2) is 4.39 Å². The van der Waals surface area contributed by atoms with Gasteiger partial charge in [0.2, 0.25) is 0 Å². The lowest BCUT2D eigenvalue weighted by atomic mass is 10.2. The molecule has 76 valence electrons. The molecule has 0 saturated carbocycles. The number of nitrogen functional groups attached to an aromatic ring is 1. The molecule has 0 aliphatic carbocycles. The summed E-state index contributed by atoms with van der Waals surface area (Å²) < 4.78 is 13.9. The standard InChI is InChI=1S/C10H7FN2S2/c1-14-7-3-2-6(11)9-8(7)5(4-12)10(13)15-9/h2-3H,13H2,1H3. The van der Waals surface area contributed by atoms with Gasteiger partial charge in [0.15, 0.2) is 0 Å². The van der Waals surface area contributed by atoms with E-state index in [-0.39, 0.29) is 5.82 Å². The number of nitrogens with zero attached hydrogens (tertiary/aromatic N) is 1. The molecular weight excluding hydrogens is 231 g/mol. The molecule has 0 atom stereocenters. The number of rotatable bonds is 1. The van der Waals surface area contributed by atoms with Crippen molar-refractivity contribution in [3.8, 4) is 6.07 Å². The highest BCUT2D eigenvalue weighted by molar-refractivity contribution is 7.98. The van der Waals surface area contributed by atoms with Crippen molar-refractivity contribution in [1.29, 1.82) is 5.26 Å². The van der Waals surface area contributed by atoms with Crippen molar-refractivity contribution in [3.63, 3.8) is 0 Å². The largest absolute Gasteiger partial charge is 0.389 e. The van der Waals surface area contributed by atoms with Gasteiger partial charge in [-0.3, -0.25) is 0 Å². The minimum Gasteiger partial charge on any atom is -0.389 e. The molecule has 2 N–H and O–H groups in total. The van der Waals surface area contributed by atoms with Gasteiger partial charge in [-0.2, -0.15) is 5.26 Å². The maximum atomic E-state index is 13.5. The molecule has 0 fully saturated rings. The van der Waals surface area contributed by atoms with Crippen LogP contribution in [0.15, 0.2) is 17.0 Å². The van der Waals surface area contributed by atoms with Crippen LogP contribution in [-0.2, 0) is 0 Å². The second-order valence-corrected chi connectivity index (χ2v) is 4.81. The van der Waals surface area contributed by atoms with E-state index in [0.29, 0.717) is 20.7 Å². The summed E-state index contributed by atoms with van der Waals surface area (Å²) in [4.78, 5) is 0.885. The van der Waals surface area contributed by atoms with Gasteiger partial charge in [-0.1, -0.05) is 0 Å². The summed E-state index contributed by atoms with van der Waals surface area (Å²) in [7, 11) is 0. The zero-order chi connectivity index (χ0) is 11.0. The monoisotopic (exact) mass is 238 g/mol. The topological polar surface area (TPSA) is 49.8 Å². The fourth-order valence-corrected chi connectivity index (χ4v) is 3.07. The quantitative estimate of drug-likeness (QED) is 0.776. The Balaban J connectivity index is 2.97. The molecule has 2 aromatic rings. The predicted molar refractivity (Wildman–Crippen MR) is 62.7 cm³/mol. The lowest BCUT2D eigenvalue weighted by Gasteiger charge is -1.99. The van der Waals surface area contributed by atoms with Gasteiger partial charge in [0, 0.05) is 10.3 Å². The summed E-state index contributed by atoms with van der Waals surface area (Å²) in [5, 5.41) is 9.99. The third-order valence-electron chi connectivity index (χ3n) is 2.11. The number of halogens is 1. The summed E-state index contributed by atoms with van der Waals surface area (Å²) in [5.41, 5.74) is 6.06. The summed E-state index contributed by atoms with van der Waals surface area (Å²) in [6.45, 7) is 0. The number of thioether (sulfide) groups is 1. The number of benzene rings is 1. The Labute approximate surface area is 94.5 Å². The van der Waals surface area contributed by atoms with E-state index in [2.05, 4.69) is 0 Å². The first-order valence-corrected chi connectivity index (χ1v) is 6.17. The third-order valence-corrected chi connectivity index (χ3v) is 3.92. The van der Waals surface area contributed by atoms with Crippen LogP contribution in [0.2, 0.25) is 0 Å². The molecule has 0 saturated heterocycles. The van der Waals surface area contributed by atoms with Crippen molar-refractivity contribution >= 4 is 38.2 Å². The predicted octanol–water partition coefficient (Wildman–Crippen LogP) is 3.22. The number of thiophene rings is 1. The highest BCUT2D eigenvalue weighted by Gasteiger charge is 2.15. The third kappa shape index (κ3) is 1.46. The van der Waals surface area contributed by atoms with E-state index >= 15 is 0 Å². The van der Waals surface area contributed by atoms with Crippen molar-refractivity contribution in [1.82, 2.24) is 0 Å². The lowest BCUT2D eigenvalue weighted by Crippen LogP contribution is -1.84. The minimum absolute atomic E-state index is 0.319. The van der Waals surface area contributed by atoms with E-state index in [9.17, 15) is 4.39 Å². The Hall–Kier alpha value is -1.25. The highest BCUT2D eigenvalue weighted by atomic mass is 32.2. The first-order chi connectivity index (χ1) is 7.19. The zero-order valence-electron chi connectivity index (χ0n) is 7.87. The van der Waals surface area contributed by atoms with E-state index < -0.39 is 0 Å². The number of hydrogen-bond acceptors (Lipinski definition) is 4. The molecule has 0 unspecified atom stereocenters. The van der Waals surface area contributed by atoms with Gasteiger partial charge in [0.05, 0.1) is 10.3 Å². The van der Waals surface area contributed by atoms with Crippen LogP contribution in [0.4, 0.5) is 9.39 Å². The molecule has 2 nitrogen and oxygen atoms in total. The first-order valence-electron chi connectivity index (χ1n) is 4.13. The SMILES string of the molecule is CSc1ccc(F)c2sc(N)c(C#N)c12. The second-order valence-electron chi connectivity index (χ2n) is 2.91. The maximum absolute atomic E-state index is 13.5. The molecule has 2 rings (SSSR count). The van der Waals surface area contributed by atoms with E-state index in [1.54, 1.807) is 6.07 Å². The van der Waals surface area contributed by atoms with Gasteiger partial charge in [-0.15, -0.1) is 23.1 Å². The molecule has 1 aromatic carbocycles. The summed E-state index contributed by atoms with van der Waals surface area (Å²) in [6.07, 6.45) is 1.89. The minimum atomic E-state index is -0.319. The van der Waals surface area contributed by atoms with E-state index in [1.165, 1.54) is 17.8 Å². The zero-order valence-corrected chi connectivity index (χ0v) is 9.51. The average Bonchev–Trinajstić information content (AvgIpc) is 2.56. The first kappa shape index (κ1) is 10.3. The van der Waals surface area contributed by atoms with Gasteiger partial charge in [0.1, 0.15) is 16.9 Å². The Morgan fingerprint density at radius 1 is 1.53 bits per heavy atom. The van der Waals surface area contributed by atoms with Crippen molar-refractivity contribution in [2.24, 2.45) is 0 Å². The fourth-order valence-electron chi connectivity index (χ4n) is 1.44. The van der Waals surface area contributed by atoms with Gasteiger partial charge < -0.3 is 5.73 Å². The smallest absolute Gasteiger partial charge is 0.141 e. The molecule has 5 heteroatoms. The molecule has 0 amide bonds. The second kappa shape index (κ2) is 3.72. The summed E-state index contributed by atoms with van der Waals surface area (Å²) in [5.74, 6) is -0.319. The van der Waals surface area contributed by atoms with Crippen LogP contribution in [0.3, 0.4) is 0 Å². The van der Waals surface area contributed by atoms with Crippen molar-refractivity contribution in [3.05, 3.63) is 23.5 Å². The molecule has 0 bridgehead atoms. The number of fused-ring (bicyclic) bond motifs is 1. The Morgan fingerprint density at radius 2 is 2.27 bits per heavy atom. The van der Waals surface area contributed by atoms with Crippen LogP contribution in [0, 0.1) is 17.1 Å². The van der Waals surface area contributed by atoms with Crippen molar-refractivity contribution in [2.45, 2.75) is 4.90 Å². The maximum Gasteiger partial charge on any atom is 0.141 e. The lowest BCUT2D eigenvalue weighted by molar-refractivity contribution is 0.641. The highest BCUT2D eigenvalue weighted by Crippen LogP contribution is 2.39. The van der Waals surface area contributed by atoms with E-state index in [4.69, 9.17) is 11.0 Å². The van der Waals surface area contributed by atoms with E-state index in [1.807, 2.05) is 12.3 Å². The molecule has 1 heterocycles. The molecule has 0 aliphatic heterocycles. The number of nitriles is 1. The molecule has 0 spiro atoms. The Kier molecular flexibility index (Phi) is 2.55. The summed E-state index contributed by atoms with van der Waals surface area (Å²) in [6, 6.07) is 5.11.